The summed E-state index contributed by atoms with van der Waals surface area (Å²) in [5.74, 6) is -0.980. The van der Waals surface area contributed by atoms with Crippen LogP contribution in [0.3, 0.4) is 0 Å². The molecule has 1 unspecified atom stereocenters. The van der Waals surface area contributed by atoms with E-state index in [1.807, 2.05) is 0 Å². The van der Waals surface area contributed by atoms with Crippen molar-refractivity contribution in [2.45, 2.75) is 13.0 Å². The van der Waals surface area contributed by atoms with Crippen molar-refractivity contribution in [1.29, 1.82) is 0 Å². The molecule has 2 rings (SSSR count). The second-order valence-electron chi connectivity index (χ2n) is 4.08. The second kappa shape index (κ2) is 5.04. The highest BCUT2D eigenvalue weighted by Gasteiger charge is 2.15. The molecule has 0 aliphatic heterocycles. The summed E-state index contributed by atoms with van der Waals surface area (Å²) in [5, 5.41) is 10.1. The summed E-state index contributed by atoms with van der Waals surface area (Å²) in [5.41, 5.74) is 1.62. The molecule has 0 saturated heterocycles. The highest BCUT2D eigenvalue weighted by molar-refractivity contribution is 6.30. The van der Waals surface area contributed by atoms with Gasteiger partial charge in [-0.2, -0.15) is 0 Å². The summed E-state index contributed by atoms with van der Waals surface area (Å²) in [6.07, 6.45) is -1.03. The number of halogens is 3. The first-order valence-corrected chi connectivity index (χ1v) is 5.76. The van der Waals surface area contributed by atoms with Gasteiger partial charge in [0.05, 0.1) is 5.02 Å². The molecule has 0 amide bonds. The Kier molecular flexibility index (Phi) is 3.64. The third kappa shape index (κ3) is 2.52. The van der Waals surface area contributed by atoms with Gasteiger partial charge in [-0.15, -0.1) is 0 Å². The minimum Gasteiger partial charge on any atom is -0.384 e. The van der Waals surface area contributed by atoms with Gasteiger partial charge in [0.1, 0.15) is 17.7 Å². The van der Waals surface area contributed by atoms with Crippen molar-refractivity contribution >= 4 is 11.6 Å². The van der Waals surface area contributed by atoms with Gasteiger partial charge in [0.2, 0.25) is 0 Å². The van der Waals surface area contributed by atoms with Gasteiger partial charge < -0.3 is 5.11 Å². The van der Waals surface area contributed by atoms with Gasteiger partial charge in [-0.1, -0.05) is 23.7 Å². The van der Waals surface area contributed by atoms with Gasteiger partial charge in [-0.25, -0.2) is 8.78 Å². The molecule has 0 aliphatic carbocycles. The van der Waals surface area contributed by atoms with Crippen LogP contribution in [-0.4, -0.2) is 5.11 Å². The number of benzene rings is 2. The van der Waals surface area contributed by atoms with E-state index < -0.39 is 17.7 Å². The monoisotopic (exact) mass is 268 g/mol. The third-order valence-electron chi connectivity index (χ3n) is 2.80. The smallest absolute Gasteiger partial charge is 0.141 e. The van der Waals surface area contributed by atoms with E-state index in [4.69, 9.17) is 11.6 Å². The van der Waals surface area contributed by atoms with E-state index >= 15 is 0 Å². The fourth-order valence-electron chi connectivity index (χ4n) is 1.77. The van der Waals surface area contributed by atoms with Crippen LogP contribution in [0.1, 0.15) is 22.8 Å². The van der Waals surface area contributed by atoms with Gasteiger partial charge in [0, 0.05) is 0 Å². The molecule has 18 heavy (non-hydrogen) atoms. The Bertz CT molecular complexity index is 584. The van der Waals surface area contributed by atoms with Crippen LogP contribution in [0.4, 0.5) is 8.78 Å². The molecular weight excluding hydrogens is 258 g/mol. The quantitative estimate of drug-likeness (QED) is 0.873. The Morgan fingerprint density at radius 2 is 1.83 bits per heavy atom. The molecule has 1 N–H and O–H groups in total. The van der Waals surface area contributed by atoms with Crippen LogP contribution in [0.2, 0.25) is 5.02 Å². The van der Waals surface area contributed by atoms with Crippen LogP contribution < -0.4 is 0 Å². The van der Waals surface area contributed by atoms with Crippen molar-refractivity contribution in [3.05, 3.63) is 69.7 Å². The minimum atomic E-state index is -1.03. The van der Waals surface area contributed by atoms with E-state index in [1.54, 1.807) is 13.0 Å². The normalized spacial score (nSPS) is 12.5. The standard InChI is InChI=1S/C14H11ClF2O/c1-8-2-4-10(16)7-11(8)14(18)9-3-5-13(17)12(15)6-9/h2-7,14,18H,1H3. The molecular formula is C14H11ClF2O. The van der Waals surface area contributed by atoms with Crippen molar-refractivity contribution in [1.82, 2.24) is 0 Å². The Balaban J connectivity index is 2.44. The zero-order chi connectivity index (χ0) is 13.3. The number of aliphatic hydroxyl groups excluding tert-OH is 1. The topological polar surface area (TPSA) is 20.2 Å². The SMILES string of the molecule is Cc1ccc(F)cc1C(O)c1ccc(F)c(Cl)c1. The Labute approximate surface area is 109 Å². The number of rotatable bonds is 2. The van der Waals surface area contributed by atoms with Crippen molar-refractivity contribution in [2.24, 2.45) is 0 Å². The Morgan fingerprint density at radius 1 is 1.11 bits per heavy atom. The fraction of sp³-hybridized carbons (Fsp3) is 0.143. The van der Waals surface area contributed by atoms with E-state index in [1.165, 1.54) is 30.3 Å². The number of hydrogen-bond donors (Lipinski definition) is 1. The zero-order valence-corrected chi connectivity index (χ0v) is 10.4. The van der Waals surface area contributed by atoms with E-state index in [9.17, 15) is 13.9 Å². The highest BCUT2D eigenvalue weighted by atomic mass is 35.5. The summed E-state index contributed by atoms with van der Waals surface area (Å²) in [4.78, 5) is 0. The summed E-state index contributed by atoms with van der Waals surface area (Å²) < 4.78 is 26.2. The van der Waals surface area contributed by atoms with Crippen molar-refractivity contribution in [3.8, 4) is 0 Å². The van der Waals surface area contributed by atoms with E-state index in [0.717, 1.165) is 5.56 Å². The van der Waals surface area contributed by atoms with Crippen LogP contribution in [0.15, 0.2) is 36.4 Å². The maximum absolute atomic E-state index is 13.2. The van der Waals surface area contributed by atoms with Crippen LogP contribution in [0.25, 0.3) is 0 Å². The Morgan fingerprint density at radius 3 is 2.50 bits per heavy atom. The zero-order valence-electron chi connectivity index (χ0n) is 9.62. The van der Waals surface area contributed by atoms with Gasteiger partial charge in [-0.3, -0.25) is 0 Å². The van der Waals surface area contributed by atoms with E-state index in [-0.39, 0.29) is 5.02 Å². The lowest BCUT2D eigenvalue weighted by molar-refractivity contribution is 0.219. The Hall–Kier alpha value is -1.45. The molecule has 0 bridgehead atoms. The molecule has 1 nitrogen and oxygen atoms in total. The van der Waals surface area contributed by atoms with E-state index in [0.29, 0.717) is 11.1 Å². The molecule has 0 saturated carbocycles. The maximum atomic E-state index is 13.2. The highest BCUT2D eigenvalue weighted by Crippen LogP contribution is 2.28. The third-order valence-corrected chi connectivity index (χ3v) is 3.08. The average Bonchev–Trinajstić information content (AvgIpc) is 2.35. The van der Waals surface area contributed by atoms with Crippen LogP contribution in [-0.2, 0) is 0 Å². The van der Waals surface area contributed by atoms with Crippen molar-refractivity contribution < 1.29 is 13.9 Å². The molecule has 2 aromatic rings. The molecule has 0 radical (unpaired) electrons. The van der Waals surface area contributed by atoms with Gasteiger partial charge >= 0.3 is 0 Å². The lowest BCUT2D eigenvalue weighted by Gasteiger charge is -2.14. The summed E-state index contributed by atoms with van der Waals surface area (Å²) in [6, 6.07) is 8.11. The number of hydrogen-bond acceptors (Lipinski definition) is 1. The lowest BCUT2D eigenvalue weighted by atomic mass is 9.97. The van der Waals surface area contributed by atoms with Crippen molar-refractivity contribution in [2.75, 3.05) is 0 Å². The fourth-order valence-corrected chi connectivity index (χ4v) is 1.96. The van der Waals surface area contributed by atoms with Crippen LogP contribution in [0, 0.1) is 18.6 Å². The predicted octanol–water partition coefficient (Wildman–Crippen LogP) is 4.01. The molecule has 0 aromatic heterocycles. The summed E-state index contributed by atoms with van der Waals surface area (Å²) in [6.45, 7) is 1.77. The van der Waals surface area contributed by atoms with Crippen LogP contribution in [0.5, 0.6) is 0 Å². The maximum Gasteiger partial charge on any atom is 0.141 e. The van der Waals surface area contributed by atoms with Crippen LogP contribution >= 0.6 is 11.6 Å². The van der Waals surface area contributed by atoms with Gasteiger partial charge in [-0.05, 0) is 47.9 Å². The number of aryl methyl sites for hydroxylation is 1. The minimum absolute atomic E-state index is 0.0689. The molecule has 0 spiro atoms. The molecule has 94 valence electrons. The van der Waals surface area contributed by atoms with Gasteiger partial charge in [0.15, 0.2) is 0 Å². The summed E-state index contributed by atoms with van der Waals surface area (Å²) in [7, 11) is 0. The summed E-state index contributed by atoms with van der Waals surface area (Å²) >= 11 is 5.66. The predicted molar refractivity (Wildman–Crippen MR) is 66.6 cm³/mol. The number of aliphatic hydroxyl groups is 1. The first-order chi connectivity index (χ1) is 8.49. The second-order valence-corrected chi connectivity index (χ2v) is 4.48. The first-order valence-electron chi connectivity index (χ1n) is 5.38. The molecule has 4 heteroatoms. The van der Waals surface area contributed by atoms with E-state index in [2.05, 4.69) is 0 Å². The first kappa shape index (κ1) is 13.0. The average molecular weight is 269 g/mol. The lowest BCUT2D eigenvalue weighted by Crippen LogP contribution is -2.03. The molecule has 0 aliphatic rings. The molecule has 0 heterocycles. The molecule has 2 aromatic carbocycles. The van der Waals surface area contributed by atoms with Crippen molar-refractivity contribution in [3.63, 3.8) is 0 Å². The molecule has 1 atom stereocenters. The largest absolute Gasteiger partial charge is 0.384 e. The van der Waals surface area contributed by atoms with Gasteiger partial charge in [0.25, 0.3) is 0 Å². The molecule has 0 fully saturated rings.